The Morgan fingerprint density at radius 2 is 1.10 bits per heavy atom. The van der Waals surface area contributed by atoms with E-state index in [0.29, 0.717) is 29.0 Å². The van der Waals surface area contributed by atoms with Crippen molar-refractivity contribution >= 4 is 48.6 Å². The van der Waals surface area contributed by atoms with E-state index in [9.17, 15) is 0 Å². The molecule has 0 aliphatic rings. The van der Waals surface area contributed by atoms with E-state index >= 15 is 0 Å². The second-order valence-electron chi connectivity index (χ2n) is 4.65. The van der Waals surface area contributed by atoms with E-state index < -0.39 is 0 Å². The molecule has 4 aromatic rings. The van der Waals surface area contributed by atoms with Crippen LogP contribution in [-0.2, 0) is 12.8 Å². The van der Waals surface area contributed by atoms with E-state index in [2.05, 4.69) is 48.5 Å². The Morgan fingerprint density at radius 3 is 1.55 bits per heavy atom. The second kappa shape index (κ2) is 5.31. The maximum absolute atomic E-state index is 4.76. The Balaban J connectivity index is 1.57. The number of aryl methyl sites for hydroxylation is 2. The normalized spacial score (nSPS) is 11.4. The zero-order valence-corrected chi connectivity index (χ0v) is 14.2. The van der Waals surface area contributed by atoms with Crippen molar-refractivity contribution in [3.8, 4) is 0 Å². The summed E-state index contributed by atoms with van der Waals surface area (Å²) in [5.74, 6) is 0. The topological polar surface area (TPSA) is 25.8 Å². The molecule has 0 saturated carbocycles. The molecular formula is C16H12N2Se2. The van der Waals surface area contributed by atoms with Crippen molar-refractivity contribution in [2.24, 2.45) is 0 Å². The zero-order chi connectivity index (χ0) is 13.4. The molecule has 0 aliphatic heterocycles. The molecule has 0 fully saturated rings. The van der Waals surface area contributed by atoms with Crippen molar-refractivity contribution in [2.75, 3.05) is 0 Å². The Bertz CT molecular complexity index is 736. The van der Waals surface area contributed by atoms with Crippen molar-refractivity contribution in [1.29, 1.82) is 0 Å². The standard InChI is InChI=1S/C16H12N2Se2/c1-3-7-13-11(5-1)17-15(19-13)9-10-16-18-12-6-2-4-8-14(12)20-16/h1-8H,9-10H2. The van der Waals surface area contributed by atoms with Crippen LogP contribution in [0.25, 0.3) is 19.6 Å². The summed E-state index contributed by atoms with van der Waals surface area (Å²) in [5.41, 5.74) is 2.37. The number of rotatable bonds is 3. The van der Waals surface area contributed by atoms with Crippen molar-refractivity contribution in [1.82, 2.24) is 9.97 Å². The summed E-state index contributed by atoms with van der Waals surface area (Å²) < 4.78 is 5.59. The Morgan fingerprint density at radius 1 is 0.650 bits per heavy atom. The molecule has 4 heteroatoms. The van der Waals surface area contributed by atoms with E-state index in [1.807, 2.05) is 0 Å². The molecule has 20 heavy (non-hydrogen) atoms. The van der Waals surface area contributed by atoms with Gasteiger partial charge < -0.3 is 0 Å². The monoisotopic (exact) mass is 392 g/mol. The molecule has 2 heterocycles. The van der Waals surface area contributed by atoms with Gasteiger partial charge in [-0.15, -0.1) is 0 Å². The number of aromatic nitrogens is 2. The van der Waals surface area contributed by atoms with Gasteiger partial charge in [0, 0.05) is 0 Å². The van der Waals surface area contributed by atoms with Crippen LogP contribution in [0.3, 0.4) is 0 Å². The van der Waals surface area contributed by atoms with Gasteiger partial charge in [0.05, 0.1) is 0 Å². The molecule has 0 atom stereocenters. The summed E-state index contributed by atoms with van der Waals surface area (Å²) in [7, 11) is 0. The van der Waals surface area contributed by atoms with Crippen molar-refractivity contribution < 1.29 is 0 Å². The van der Waals surface area contributed by atoms with Gasteiger partial charge in [-0.05, 0) is 0 Å². The van der Waals surface area contributed by atoms with Gasteiger partial charge in [0.2, 0.25) is 0 Å². The zero-order valence-electron chi connectivity index (χ0n) is 10.7. The van der Waals surface area contributed by atoms with Crippen LogP contribution >= 0.6 is 0 Å². The molecule has 0 unspecified atom stereocenters. The number of benzene rings is 2. The Labute approximate surface area is 129 Å². The van der Waals surface area contributed by atoms with Gasteiger partial charge in [0.25, 0.3) is 0 Å². The van der Waals surface area contributed by atoms with Gasteiger partial charge in [-0.2, -0.15) is 0 Å². The molecule has 2 aromatic heterocycles. The average Bonchev–Trinajstić information content (AvgIpc) is 3.07. The van der Waals surface area contributed by atoms with Gasteiger partial charge in [-0.1, -0.05) is 0 Å². The van der Waals surface area contributed by atoms with E-state index in [0.717, 1.165) is 12.8 Å². The van der Waals surface area contributed by atoms with Gasteiger partial charge >= 0.3 is 129 Å². The van der Waals surface area contributed by atoms with Gasteiger partial charge in [-0.25, -0.2) is 0 Å². The molecule has 0 N–H and O–H groups in total. The summed E-state index contributed by atoms with van der Waals surface area (Å²) >= 11 is 0.852. The minimum atomic E-state index is 0.426. The Kier molecular flexibility index (Phi) is 3.33. The molecular weight excluding hydrogens is 378 g/mol. The third-order valence-corrected chi connectivity index (χ3v) is 7.83. The van der Waals surface area contributed by atoms with Crippen molar-refractivity contribution in [3.63, 3.8) is 0 Å². The fraction of sp³-hybridized carbons (Fsp3) is 0.125. The van der Waals surface area contributed by atoms with Crippen LogP contribution < -0.4 is 0 Å². The van der Waals surface area contributed by atoms with E-state index in [4.69, 9.17) is 9.97 Å². The first-order valence-corrected chi connectivity index (χ1v) is 10.00. The summed E-state index contributed by atoms with van der Waals surface area (Å²) in [6, 6.07) is 17.0. The van der Waals surface area contributed by atoms with Crippen molar-refractivity contribution in [3.05, 3.63) is 57.7 Å². The SMILES string of the molecule is c1ccc2[se]c(CCc3nc4ccccc4[se]3)nc2c1. The van der Waals surface area contributed by atoms with Gasteiger partial charge in [-0.3, -0.25) is 0 Å². The van der Waals surface area contributed by atoms with Crippen LogP contribution in [0.1, 0.15) is 9.14 Å². The first-order valence-electron chi connectivity index (χ1n) is 6.57. The fourth-order valence-electron chi connectivity index (χ4n) is 2.27. The number of nitrogens with zero attached hydrogens (tertiary/aromatic N) is 2. The van der Waals surface area contributed by atoms with Gasteiger partial charge in [0.15, 0.2) is 0 Å². The fourth-order valence-corrected chi connectivity index (χ4v) is 6.32. The van der Waals surface area contributed by atoms with Crippen LogP contribution in [0.15, 0.2) is 48.5 Å². The molecule has 0 bridgehead atoms. The number of hydrogen-bond acceptors (Lipinski definition) is 2. The van der Waals surface area contributed by atoms with Crippen LogP contribution in [0, 0.1) is 0 Å². The van der Waals surface area contributed by atoms with E-state index in [1.54, 1.807) is 0 Å². The van der Waals surface area contributed by atoms with E-state index in [-0.39, 0.29) is 0 Å². The number of hydrogen-bond donors (Lipinski definition) is 0. The summed E-state index contributed by atoms with van der Waals surface area (Å²) in [6.07, 6.45) is 2.15. The molecule has 4 rings (SSSR count). The summed E-state index contributed by atoms with van der Waals surface area (Å²) in [5, 5.41) is 0. The molecule has 0 radical (unpaired) electrons. The van der Waals surface area contributed by atoms with E-state index in [1.165, 1.54) is 28.7 Å². The summed E-state index contributed by atoms with van der Waals surface area (Å²) in [6.45, 7) is 0. The third kappa shape index (κ3) is 2.41. The second-order valence-corrected chi connectivity index (χ2v) is 9.33. The van der Waals surface area contributed by atoms with Crippen LogP contribution in [-0.4, -0.2) is 39.0 Å². The van der Waals surface area contributed by atoms with Crippen molar-refractivity contribution in [2.45, 2.75) is 12.8 Å². The number of fused-ring (bicyclic) bond motifs is 2. The molecule has 2 aromatic carbocycles. The number of para-hydroxylation sites is 2. The summed E-state index contributed by atoms with van der Waals surface area (Å²) in [4.78, 5) is 9.52. The molecule has 0 amide bonds. The maximum atomic E-state index is 4.76. The third-order valence-electron chi connectivity index (χ3n) is 3.23. The first kappa shape index (κ1) is 12.6. The van der Waals surface area contributed by atoms with Crippen LogP contribution in [0.2, 0.25) is 0 Å². The quantitative estimate of drug-likeness (QED) is 0.503. The molecule has 0 aliphatic carbocycles. The molecule has 0 spiro atoms. The first-order chi connectivity index (χ1) is 9.88. The van der Waals surface area contributed by atoms with Crippen LogP contribution in [0.4, 0.5) is 0 Å². The molecule has 98 valence electrons. The molecule has 0 saturated heterocycles. The van der Waals surface area contributed by atoms with Crippen LogP contribution in [0.5, 0.6) is 0 Å². The predicted molar refractivity (Wildman–Crippen MR) is 84.8 cm³/mol. The minimum absolute atomic E-state index is 0.426. The Hall–Kier alpha value is -1.18. The molecule has 2 nitrogen and oxygen atoms in total. The van der Waals surface area contributed by atoms with Gasteiger partial charge in [0.1, 0.15) is 0 Å². The predicted octanol–water partition coefficient (Wildman–Crippen LogP) is 2.68. The average molecular weight is 390 g/mol.